The van der Waals surface area contributed by atoms with Gasteiger partial charge in [0.05, 0.1) is 18.2 Å². The second-order valence-electron chi connectivity index (χ2n) is 5.06. The number of hydrogen-bond donors (Lipinski definition) is 2. The van der Waals surface area contributed by atoms with Crippen LogP contribution in [0.15, 0.2) is 48.5 Å². The number of hydrazine groups is 1. The highest BCUT2D eigenvalue weighted by molar-refractivity contribution is 5.95. The molecule has 0 saturated heterocycles. The van der Waals surface area contributed by atoms with Gasteiger partial charge in [-0.25, -0.2) is 0 Å². The van der Waals surface area contributed by atoms with Crippen LogP contribution < -0.4 is 15.6 Å². The molecule has 0 aromatic heterocycles. The van der Waals surface area contributed by atoms with Crippen LogP contribution in [0.2, 0.25) is 0 Å². The quantitative estimate of drug-likeness (QED) is 0.778. The number of nitriles is 1. The average molecular weight is 339 g/mol. The number of rotatable bonds is 6. The summed E-state index contributed by atoms with van der Waals surface area (Å²) in [6.45, 7) is 0.127. The van der Waals surface area contributed by atoms with Crippen molar-refractivity contribution < 1.29 is 19.1 Å². The van der Waals surface area contributed by atoms with E-state index in [0.717, 1.165) is 5.56 Å². The van der Waals surface area contributed by atoms with Crippen molar-refractivity contribution in [1.29, 1.82) is 5.26 Å². The lowest BCUT2D eigenvalue weighted by Gasteiger charge is -2.09. The molecular weight excluding hydrogens is 322 g/mol. The molecule has 2 amide bonds. The Morgan fingerprint density at radius 1 is 1.12 bits per heavy atom. The molecule has 0 spiro atoms. The van der Waals surface area contributed by atoms with Gasteiger partial charge in [-0.15, -0.1) is 0 Å². The van der Waals surface area contributed by atoms with Crippen LogP contribution in [0.1, 0.15) is 21.5 Å². The summed E-state index contributed by atoms with van der Waals surface area (Å²) in [6.07, 6.45) is 0. The van der Waals surface area contributed by atoms with E-state index in [1.165, 1.54) is 0 Å². The fourth-order valence-electron chi connectivity index (χ4n) is 1.98. The molecule has 7 nitrogen and oxygen atoms in total. The molecule has 0 atom stereocenters. The van der Waals surface area contributed by atoms with Crippen molar-refractivity contribution in [3.63, 3.8) is 0 Å². The number of benzene rings is 2. The van der Waals surface area contributed by atoms with E-state index in [-0.39, 0.29) is 6.61 Å². The highest BCUT2D eigenvalue weighted by atomic mass is 16.5. The fourth-order valence-corrected chi connectivity index (χ4v) is 1.98. The molecule has 2 rings (SSSR count). The van der Waals surface area contributed by atoms with E-state index in [9.17, 15) is 9.59 Å². The Bertz CT molecular complexity index is 782. The topological polar surface area (TPSA) is 100 Å². The van der Waals surface area contributed by atoms with Crippen LogP contribution in [-0.4, -0.2) is 25.5 Å². The zero-order valence-corrected chi connectivity index (χ0v) is 13.6. The summed E-state index contributed by atoms with van der Waals surface area (Å²) in [5, 5.41) is 8.71. The van der Waals surface area contributed by atoms with Crippen molar-refractivity contribution in [1.82, 2.24) is 10.9 Å². The van der Waals surface area contributed by atoms with Gasteiger partial charge in [-0.3, -0.25) is 20.4 Å². The van der Waals surface area contributed by atoms with E-state index in [1.807, 2.05) is 12.1 Å². The normalized spacial score (nSPS) is 9.76. The van der Waals surface area contributed by atoms with Crippen molar-refractivity contribution in [3.8, 4) is 11.8 Å². The van der Waals surface area contributed by atoms with Crippen molar-refractivity contribution in [3.05, 3.63) is 65.2 Å². The largest absolute Gasteiger partial charge is 0.484 e. The lowest BCUT2D eigenvalue weighted by molar-refractivity contribution is -0.123. The molecular formula is C18H17N3O4. The summed E-state index contributed by atoms with van der Waals surface area (Å²) < 4.78 is 10.3. The first-order valence-corrected chi connectivity index (χ1v) is 7.42. The maximum absolute atomic E-state index is 12.0. The molecule has 7 heteroatoms. The van der Waals surface area contributed by atoms with Crippen molar-refractivity contribution in [2.45, 2.75) is 6.61 Å². The van der Waals surface area contributed by atoms with Crippen molar-refractivity contribution in [2.75, 3.05) is 13.7 Å². The molecule has 2 aromatic rings. The maximum Gasteiger partial charge on any atom is 0.276 e. The molecule has 0 aliphatic heterocycles. The molecule has 128 valence electrons. The molecule has 0 aliphatic rings. The first kappa shape index (κ1) is 18.0. The Hall–Kier alpha value is -3.37. The standard InChI is InChI=1S/C18H17N3O4/c1-24-11-14-3-2-4-15(9-14)18(23)21-20-17(22)12-25-16-7-5-13(10-19)6-8-16/h2-9H,11-12H2,1H3,(H,20,22)(H,21,23). The van der Waals surface area contributed by atoms with Gasteiger partial charge in [0.2, 0.25) is 0 Å². The minimum atomic E-state index is -0.509. The molecule has 2 aromatic carbocycles. The molecule has 2 N–H and O–H groups in total. The lowest BCUT2D eigenvalue weighted by Crippen LogP contribution is -2.43. The monoisotopic (exact) mass is 339 g/mol. The third-order valence-electron chi connectivity index (χ3n) is 3.17. The van der Waals surface area contributed by atoms with Gasteiger partial charge in [-0.05, 0) is 42.0 Å². The number of ether oxygens (including phenoxy) is 2. The second kappa shape index (κ2) is 9.05. The molecule has 0 fully saturated rings. The predicted molar refractivity (Wildman–Crippen MR) is 89.4 cm³/mol. The van der Waals surface area contributed by atoms with Crippen molar-refractivity contribution >= 4 is 11.8 Å². The number of hydrogen-bond acceptors (Lipinski definition) is 5. The first-order valence-electron chi connectivity index (χ1n) is 7.42. The van der Waals surface area contributed by atoms with E-state index in [1.54, 1.807) is 49.6 Å². The van der Waals surface area contributed by atoms with Crippen LogP contribution in [0, 0.1) is 11.3 Å². The number of methoxy groups -OCH3 is 1. The highest BCUT2D eigenvalue weighted by Crippen LogP contribution is 2.11. The van der Waals surface area contributed by atoms with Gasteiger partial charge in [-0.1, -0.05) is 12.1 Å². The fraction of sp³-hybridized carbons (Fsp3) is 0.167. The number of nitrogens with zero attached hydrogens (tertiary/aromatic N) is 1. The number of carbonyl (C=O) groups excluding carboxylic acids is 2. The Kier molecular flexibility index (Phi) is 6.51. The van der Waals surface area contributed by atoms with Crippen LogP contribution in [0.25, 0.3) is 0 Å². The predicted octanol–water partition coefficient (Wildman–Crippen LogP) is 1.54. The van der Waals surface area contributed by atoms with E-state index in [2.05, 4.69) is 10.9 Å². The van der Waals surface area contributed by atoms with Gasteiger partial charge in [0, 0.05) is 12.7 Å². The second-order valence-corrected chi connectivity index (χ2v) is 5.06. The zero-order chi connectivity index (χ0) is 18.1. The van der Waals surface area contributed by atoms with E-state index < -0.39 is 11.8 Å². The van der Waals surface area contributed by atoms with E-state index >= 15 is 0 Å². The van der Waals surface area contributed by atoms with Gasteiger partial charge in [0.1, 0.15) is 5.75 Å². The average Bonchev–Trinajstić information content (AvgIpc) is 2.65. The molecule has 0 aliphatic carbocycles. The maximum atomic E-state index is 12.0. The van der Waals surface area contributed by atoms with Crippen LogP contribution in [0.5, 0.6) is 5.75 Å². The van der Waals surface area contributed by atoms with Crippen molar-refractivity contribution in [2.24, 2.45) is 0 Å². The van der Waals surface area contributed by atoms with Crippen LogP contribution in [0.3, 0.4) is 0 Å². The minimum absolute atomic E-state index is 0.268. The van der Waals surface area contributed by atoms with Gasteiger partial charge in [0.25, 0.3) is 11.8 Å². The third kappa shape index (κ3) is 5.64. The summed E-state index contributed by atoms with van der Waals surface area (Å²) in [5.74, 6) is -0.497. The van der Waals surface area contributed by atoms with Crippen LogP contribution >= 0.6 is 0 Å². The molecule has 0 unspecified atom stereocenters. The Labute approximate surface area is 145 Å². The first-order chi connectivity index (χ1) is 12.1. The zero-order valence-electron chi connectivity index (χ0n) is 13.6. The van der Waals surface area contributed by atoms with Gasteiger partial charge >= 0.3 is 0 Å². The number of nitrogens with one attached hydrogen (secondary N) is 2. The smallest absolute Gasteiger partial charge is 0.276 e. The number of amides is 2. The van der Waals surface area contributed by atoms with Gasteiger partial charge in [-0.2, -0.15) is 5.26 Å². The van der Waals surface area contributed by atoms with E-state index in [0.29, 0.717) is 23.5 Å². The molecule has 0 bridgehead atoms. The summed E-state index contributed by atoms with van der Waals surface area (Å²) >= 11 is 0. The van der Waals surface area contributed by atoms with E-state index in [4.69, 9.17) is 14.7 Å². The highest BCUT2D eigenvalue weighted by Gasteiger charge is 2.08. The molecule has 0 saturated carbocycles. The third-order valence-corrected chi connectivity index (χ3v) is 3.17. The molecule has 0 heterocycles. The SMILES string of the molecule is COCc1cccc(C(=O)NNC(=O)COc2ccc(C#N)cc2)c1. The summed E-state index contributed by atoms with van der Waals surface area (Å²) in [5.41, 5.74) is 6.36. The summed E-state index contributed by atoms with van der Waals surface area (Å²) in [4.78, 5) is 23.7. The summed E-state index contributed by atoms with van der Waals surface area (Å²) in [7, 11) is 1.57. The van der Waals surface area contributed by atoms with Crippen LogP contribution in [0.4, 0.5) is 0 Å². The van der Waals surface area contributed by atoms with Gasteiger partial charge in [0.15, 0.2) is 6.61 Å². The molecule has 25 heavy (non-hydrogen) atoms. The Morgan fingerprint density at radius 3 is 2.56 bits per heavy atom. The summed E-state index contributed by atoms with van der Waals surface area (Å²) in [6, 6.07) is 15.2. The Balaban J connectivity index is 1.79. The molecule has 0 radical (unpaired) electrons. The minimum Gasteiger partial charge on any atom is -0.484 e. The van der Waals surface area contributed by atoms with Gasteiger partial charge < -0.3 is 9.47 Å². The van der Waals surface area contributed by atoms with Crippen LogP contribution in [-0.2, 0) is 16.1 Å². The lowest BCUT2D eigenvalue weighted by atomic mass is 10.1. The Morgan fingerprint density at radius 2 is 1.88 bits per heavy atom. The number of carbonyl (C=O) groups is 2.